The van der Waals surface area contributed by atoms with Gasteiger partial charge in [-0.2, -0.15) is 0 Å². The Kier molecular flexibility index (Phi) is 4.09. The molecule has 0 spiro atoms. The van der Waals surface area contributed by atoms with Crippen LogP contribution in [0.2, 0.25) is 0 Å². The molecule has 1 fully saturated rings. The molecular formula is C18H20N2O2. The summed E-state index contributed by atoms with van der Waals surface area (Å²) in [7, 11) is 0. The minimum Gasteiger partial charge on any atom is -0.439 e. The highest BCUT2D eigenvalue weighted by Crippen LogP contribution is 2.29. The number of aromatic nitrogens is 1. The van der Waals surface area contributed by atoms with E-state index in [1.807, 2.05) is 38.1 Å². The molecule has 2 aromatic rings. The van der Waals surface area contributed by atoms with Crippen molar-refractivity contribution in [1.29, 1.82) is 0 Å². The molecule has 3 rings (SSSR count). The average molecular weight is 296 g/mol. The summed E-state index contributed by atoms with van der Waals surface area (Å²) < 4.78 is 5.82. The quantitative estimate of drug-likeness (QED) is 0.918. The summed E-state index contributed by atoms with van der Waals surface area (Å²) in [6.07, 6.45) is 3.74. The van der Waals surface area contributed by atoms with Crippen molar-refractivity contribution in [1.82, 2.24) is 10.3 Å². The smallest absolute Gasteiger partial charge is 0.223 e. The Morgan fingerprint density at radius 3 is 2.64 bits per heavy atom. The van der Waals surface area contributed by atoms with Gasteiger partial charge in [0.25, 0.3) is 0 Å². The van der Waals surface area contributed by atoms with Crippen LogP contribution in [0.5, 0.6) is 11.6 Å². The molecule has 1 amide bonds. The second-order valence-electron chi connectivity index (χ2n) is 5.92. The van der Waals surface area contributed by atoms with Gasteiger partial charge in [-0.05, 0) is 61.6 Å². The highest BCUT2D eigenvalue weighted by atomic mass is 16.5. The van der Waals surface area contributed by atoms with Gasteiger partial charge in [-0.3, -0.25) is 4.79 Å². The highest BCUT2D eigenvalue weighted by molar-refractivity contribution is 5.80. The van der Waals surface area contributed by atoms with Crippen molar-refractivity contribution in [2.45, 2.75) is 33.2 Å². The zero-order valence-corrected chi connectivity index (χ0v) is 12.9. The second kappa shape index (κ2) is 6.18. The van der Waals surface area contributed by atoms with E-state index in [2.05, 4.69) is 16.4 Å². The van der Waals surface area contributed by atoms with Crippen molar-refractivity contribution in [2.24, 2.45) is 5.92 Å². The van der Waals surface area contributed by atoms with Gasteiger partial charge in [-0.1, -0.05) is 6.07 Å². The molecule has 0 radical (unpaired) electrons. The number of amides is 1. The molecule has 1 N–H and O–H groups in total. The lowest BCUT2D eigenvalue weighted by Crippen LogP contribution is -2.24. The molecule has 4 nitrogen and oxygen atoms in total. The molecule has 0 saturated heterocycles. The summed E-state index contributed by atoms with van der Waals surface area (Å²) in [5, 5.41) is 2.95. The lowest BCUT2D eigenvalue weighted by Gasteiger charge is -2.09. The van der Waals surface area contributed by atoms with Gasteiger partial charge in [0.1, 0.15) is 5.75 Å². The van der Waals surface area contributed by atoms with Gasteiger partial charge in [0, 0.05) is 24.7 Å². The van der Waals surface area contributed by atoms with Gasteiger partial charge < -0.3 is 10.1 Å². The Morgan fingerprint density at radius 2 is 1.95 bits per heavy atom. The zero-order chi connectivity index (χ0) is 15.5. The Morgan fingerprint density at radius 1 is 1.23 bits per heavy atom. The number of pyridine rings is 1. The van der Waals surface area contributed by atoms with E-state index in [9.17, 15) is 4.79 Å². The minimum atomic E-state index is 0.147. The van der Waals surface area contributed by atoms with E-state index in [4.69, 9.17) is 4.74 Å². The van der Waals surface area contributed by atoms with Gasteiger partial charge in [0.15, 0.2) is 0 Å². The number of aryl methyl sites for hydroxylation is 2. The standard InChI is InChI=1S/C18H20N2O2/c1-12-7-13(2)9-16(8-12)22-17-10-14(5-6-19-17)11-20-18(21)15-3-4-15/h5-10,15H,3-4,11H2,1-2H3,(H,20,21). The third kappa shape index (κ3) is 3.85. The lowest BCUT2D eigenvalue weighted by atomic mass is 10.1. The van der Waals surface area contributed by atoms with E-state index in [1.54, 1.807) is 6.20 Å². The fourth-order valence-electron chi connectivity index (χ4n) is 2.41. The number of ether oxygens (including phenoxy) is 1. The molecule has 0 aliphatic heterocycles. The second-order valence-corrected chi connectivity index (χ2v) is 5.92. The summed E-state index contributed by atoms with van der Waals surface area (Å²) in [6.45, 7) is 4.59. The Hall–Kier alpha value is -2.36. The van der Waals surface area contributed by atoms with Gasteiger partial charge in [-0.15, -0.1) is 0 Å². The molecule has 1 aromatic carbocycles. The summed E-state index contributed by atoms with van der Waals surface area (Å²) in [6, 6.07) is 9.82. The molecule has 1 heterocycles. The Balaban J connectivity index is 1.66. The maximum atomic E-state index is 11.7. The molecule has 1 saturated carbocycles. The summed E-state index contributed by atoms with van der Waals surface area (Å²) >= 11 is 0. The van der Waals surface area contributed by atoms with Gasteiger partial charge in [0.05, 0.1) is 0 Å². The van der Waals surface area contributed by atoms with E-state index >= 15 is 0 Å². The number of carbonyl (C=O) groups excluding carboxylic acids is 1. The number of rotatable bonds is 5. The first-order chi connectivity index (χ1) is 10.6. The van der Waals surface area contributed by atoms with Crippen molar-refractivity contribution in [3.05, 3.63) is 53.2 Å². The van der Waals surface area contributed by atoms with Crippen LogP contribution < -0.4 is 10.1 Å². The van der Waals surface area contributed by atoms with Crippen molar-refractivity contribution in [3.63, 3.8) is 0 Å². The molecule has 22 heavy (non-hydrogen) atoms. The van der Waals surface area contributed by atoms with E-state index in [1.165, 1.54) is 0 Å². The Bertz CT molecular complexity index is 673. The molecule has 4 heteroatoms. The van der Waals surface area contributed by atoms with Crippen LogP contribution in [0, 0.1) is 19.8 Å². The monoisotopic (exact) mass is 296 g/mol. The Labute approximate surface area is 130 Å². The van der Waals surface area contributed by atoms with Crippen LogP contribution in [-0.4, -0.2) is 10.9 Å². The van der Waals surface area contributed by atoms with Crippen molar-refractivity contribution in [2.75, 3.05) is 0 Å². The number of nitrogens with one attached hydrogen (secondary N) is 1. The van der Waals surface area contributed by atoms with Crippen molar-refractivity contribution in [3.8, 4) is 11.6 Å². The fourth-order valence-corrected chi connectivity index (χ4v) is 2.41. The summed E-state index contributed by atoms with van der Waals surface area (Å²) in [5.74, 6) is 1.70. The first-order valence-electron chi connectivity index (χ1n) is 7.59. The van der Waals surface area contributed by atoms with Crippen LogP contribution in [0.3, 0.4) is 0 Å². The van der Waals surface area contributed by atoms with Gasteiger partial charge >= 0.3 is 0 Å². The largest absolute Gasteiger partial charge is 0.439 e. The minimum absolute atomic E-state index is 0.147. The van der Waals surface area contributed by atoms with Crippen molar-refractivity contribution < 1.29 is 9.53 Å². The molecule has 0 atom stereocenters. The number of carbonyl (C=O) groups is 1. The van der Waals surface area contributed by atoms with Crippen LogP contribution >= 0.6 is 0 Å². The van der Waals surface area contributed by atoms with Crippen LogP contribution in [0.15, 0.2) is 36.5 Å². The molecule has 0 unspecified atom stereocenters. The zero-order valence-electron chi connectivity index (χ0n) is 12.9. The highest BCUT2D eigenvalue weighted by Gasteiger charge is 2.29. The molecular weight excluding hydrogens is 276 g/mol. The van der Waals surface area contributed by atoms with Crippen LogP contribution in [0.4, 0.5) is 0 Å². The lowest BCUT2D eigenvalue weighted by molar-refractivity contribution is -0.122. The van der Waals surface area contributed by atoms with Crippen molar-refractivity contribution >= 4 is 5.91 Å². The van der Waals surface area contributed by atoms with E-state index < -0.39 is 0 Å². The molecule has 1 aliphatic carbocycles. The number of hydrogen-bond donors (Lipinski definition) is 1. The van der Waals surface area contributed by atoms with Gasteiger partial charge in [-0.25, -0.2) is 4.98 Å². The van der Waals surface area contributed by atoms with E-state index in [0.29, 0.717) is 12.4 Å². The maximum absolute atomic E-state index is 11.7. The number of nitrogens with zero attached hydrogens (tertiary/aromatic N) is 1. The topological polar surface area (TPSA) is 51.2 Å². The molecule has 1 aliphatic rings. The molecule has 114 valence electrons. The van der Waals surface area contributed by atoms with E-state index in [0.717, 1.165) is 35.3 Å². The predicted molar refractivity (Wildman–Crippen MR) is 84.8 cm³/mol. The normalized spacial score (nSPS) is 13.7. The van der Waals surface area contributed by atoms with Crippen LogP contribution in [0.1, 0.15) is 29.5 Å². The third-order valence-corrected chi connectivity index (χ3v) is 3.63. The third-order valence-electron chi connectivity index (χ3n) is 3.63. The number of benzene rings is 1. The number of hydrogen-bond acceptors (Lipinski definition) is 3. The summed E-state index contributed by atoms with van der Waals surface area (Å²) in [4.78, 5) is 15.9. The predicted octanol–water partition coefficient (Wildman–Crippen LogP) is 3.52. The SMILES string of the molecule is Cc1cc(C)cc(Oc2cc(CNC(=O)C3CC3)ccn2)c1. The van der Waals surface area contributed by atoms with Gasteiger partial charge in [0.2, 0.25) is 11.8 Å². The van der Waals surface area contributed by atoms with Crippen LogP contribution in [0.25, 0.3) is 0 Å². The average Bonchev–Trinajstić information content (AvgIpc) is 3.28. The first-order valence-corrected chi connectivity index (χ1v) is 7.59. The van der Waals surface area contributed by atoms with E-state index in [-0.39, 0.29) is 11.8 Å². The first kappa shape index (κ1) is 14.6. The maximum Gasteiger partial charge on any atom is 0.223 e. The molecule has 1 aromatic heterocycles. The molecule has 0 bridgehead atoms. The fraction of sp³-hybridized carbons (Fsp3) is 0.333. The summed E-state index contributed by atoms with van der Waals surface area (Å²) in [5.41, 5.74) is 3.30. The van der Waals surface area contributed by atoms with Crippen LogP contribution in [-0.2, 0) is 11.3 Å².